The lowest BCUT2D eigenvalue weighted by Gasteiger charge is -2.56. The van der Waals surface area contributed by atoms with Gasteiger partial charge in [-0.15, -0.1) is 0 Å². The fraction of sp³-hybridized carbons (Fsp3) is 1.00. The number of hydrogen-bond donors (Lipinski definition) is 1. The average molecular weight is 266 g/mol. The van der Waals surface area contributed by atoms with Crippen molar-refractivity contribution in [3.05, 3.63) is 0 Å². The first kappa shape index (κ1) is 13.8. The van der Waals surface area contributed by atoms with Gasteiger partial charge in [-0.2, -0.15) is 0 Å². The van der Waals surface area contributed by atoms with Crippen molar-refractivity contribution < 1.29 is 4.74 Å². The number of piperidine rings is 3. The molecule has 1 N–H and O–H groups in total. The minimum Gasteiger partial charge on any atom is -0.378 e. The van der Waals surface area contributed by atoms with Crippen LogP contribution < -0.4 is 5.32 Å². The Morgan fingerprint density at radius 2 is 2.00 bits per heavy atom. The highest BCUT2D eigenvalue weighted by molar-refractivity contribution is 5.07. The van der Waals surface area contributed by atoms with Crippen LogP contribution in [0, 0.1) is 11.3 Å². The number of nitrogens with one attached hydrogen (secondary N) is 1. The van der Waals surface area contributed by atoms with Crippen molar-refractivity contribution in [1.82, 2.24) is 10.2 Å². The minimum atomic E-state index is 0.349. The highest BCUT2D eigenvalue weighted by atomic mass is 16.5. The van der Waals surface area contributed by atoms with E-state index in [4.69, 9.17) is 4.74 Å². The highest BCUT2D eigenvalue weighted by Gasteiger charge is 2.52. The van der Waals surface area contributed by atoms with E-state index in [0.717, 1.165) is 18.6 Å². The van der Waals surface area contributed by atoms with E-state index in [-0.39, 0.29) is 0 Å². The van der Waals surface area contributed by atoms with Crippen LogP contribution in [0.3, 0.4) is 0 Å². The number of nitrogens with zero attached hydrogens (tertiary/aromatic N) is 1. The SMILES string of the molecule is CCOC1CC(NC2CN3CCC2CC3)C1(C)CC. The molecule has 4 atom stereocenters. The molecule has 0 aromatic carbocycles. The second-order valence-electron chi connectivity index (χ2n) is 7.00. The largest absolute Gasteiger partial charge is 0.378 e. The third-order valence-electron chi connectivity index (χ3n) is 6.18. The number of ether oxygens (including phenoxy) is 1. The van der Waals surface area contributed by atoms with E-state index < -0.39 is 0 Å². The molecule has 0 radical (unpaired) electrons. The van der Waals surface area contributed by atoms with E-state index in [0.29, 0.717) is 17.6 Å². The monoisotopic (exact) mass is 266 g/mol. The van der Waals surface area contributed by atoms with Crippen LogP contribution in [0.15, 0.2) is 0 Å². The van der Waals surface area contributed by atoms with E-state index in [9.17, 15) is 0 Å². The fourth-order valence-corrected chi connectivity index (χ4v) is 4.42. The predicted octanol–water partition coefficient (Wildman–Crippen LogP) is 2.26. The van der Waals surface area contributed by atoms with E-state index >= 15 is 0 Å². The lowest BCUT2D eigenvalue weighted by molar-refractivity contribution is -0.132. The number of hydrogen-bond acceptors (Lipinski definition) is 3. The molecule has 3 heterocycles. The second-order valence-corrected chi connectivity index (χ2v) is 7.00. The summed E-state index contributed by atoms with van der Waals surface area (Å²) in [6, 6.07) is 1.40. The van der Waals surface area contributed by atoms with Gasteiger partial charge in [-0.1, -0.05) is 13.8 Å². The summed E-state index contributed by atoms with van der Waals surface area (Å²) in [5.41, 5.74) is 0.349. The van der Waals surface area contributed by atoms with Gasteiger partial charge in [-0.05, 0) is 51.6 Å². The first-order valence-electron chi connectivity index (χ1n) is 8.27. The molecule has 110 valence electrons. The predicted molar refractivity (Wildman–Crippen MR) is 78.3 cm³/mol. The first-order valence-corrected chi connectivity index (χ1v) is 8.27. The van der Waals surface area contributed by atoms with Crippen molar-refractivity contribution >= 4 is 0 Å². The zero-order chi connectivity index (χ0) is 13.5. The van der Waals surface area contributed by atoms with E-state index in [1.165, 1.54) is 45.3 Å². The van der Waals surface area contributed by atoms with Crippen LogP contribution in [-0.2, 0) is 4.74 Å². The molecule has 3 heteroatoms. The van der Waals surface area contributed by atoms with Crippen LogP contribution in [0.5, 0.6) is 0 Å². The zero-order valence-electron chi connectivity index (χ0n) is 12.8. The van der Waals surface area contributed by atoms with E-state index in [1.807, 2.05) is 0 Å². The summed E-state index contributed by atoms with van der Waals surface area (Å²) in [5.74, 6) is 0.928. The third kappa shape index (κ3) is 2.34. The molecule has 0 spiro atoms. The van der Waals surface area contributed by atoms with Crippen molar-refractivity contribution in [2.45, 2.75) is 64.6 Å². The molecule has 1 aliphatic carbocycles. The fourth-order valence-electron chi connectivity index (χ4n) is 4.42. The summed E-state index contributed by atoms with van der Waals surface area (Å²) in [4.78, 5) is 2.64. The van der Waals surface area contributed by atoms with Gasteiger partial charge in [0.15, 0.2) is 0 Å². The van der Waals surface area contributed by atoms with Gasteiger partial charge in [0.2, 0.25) is 0 Å². The Morgan fingerprint density at radius 1 is 1.26 bits per heavy atom. The average Bonchev–Trinajstić information content (AvgIpc) is 2.46. The van der Waals surface area contributed by atoms with Crippen LogP contribution in [0.25, 0.3) is 0 Å². The quantitative estimate of drug-likeness (QED) is 0.826. The van der Waals surface area contributed by atoms with Gasteiger partial charge in [-0.25, -0.2) is 0 Å². The maximum atomic E-state index is 5.92. The molecular weight excluding hydrogens is 236 g/mol. The summed E-state index contributed by atoms with van der Waals surface area (Å²) in [6.45, 7) is 11.6. The Labute approximate surface area is 118 Å². The lowest BCUT2D eigenvalue weighted by atomic mass is 9.61. The highest BCUT2D eigenvalue weighted by Crippen LogP contribution is 2.46. The summed E-state index contributed by atoms with van der Waals surface area (Å²) in [5, 5.41) is 3.99. The molecule has 4 fully saturated rings. The molecule has 0 aromatic rings. The molecule has 0 amide bonds. The lowest BCUT2D eigenvalue weighted by Crippen LogP contribution is -2.67. The smallest absolute Gasteiger partial charge is 0.0658 e. The molecule has 3 nitrogen and oxygen atoms in total. The minimum absolute atomic E-state index is 0.349. The molecule has 1 saturated carbocycles. The maximum Gasteiger partial charge on any atom is 0.0658 e. The molecule has 4 rings (SSSR count). The summed E-state index contributed by atoms with van der Waals surface area (Å²) >= 11 is 0. The first-order chi connectivity index (χ1) is 9.17. The summed E-state index contributed by atoms with van der Waals surface area (Å²) in [6.07, 6.45) is 5.71. The Bertz CT molecular complexity index is 314. The number of rotatable bonds is 5. The van der Waals surface area contributed by atoms with Crippen LogP contribution in [0.4, 0.5) is 0 Å². The van der Waals surface area contributed by atoms with Crippen LogP contribution in [0.2, 0.25) is 0 Å². The van der Waals surface area contributed by atoms with Crippen molar-refractivity contribution in [2.75, 3.05) is 26.2 Å². The van der Waals surface area contributed by atoms with Gasteiger partial charge in [0.25, 0.3) is 0 Å². The van der Waals surface area contributed by atoms with Crippen molar-refractivity contribution in [3.8, 4) is 0 Å². The topological polar surface area (TPSA) is 24.5 Å². The van der Waals surface area contributed by atoms with Gasteiger partial charge in [0.1, 0.15) is 0 Å². The summed E-state index contributed by atoms with van der Waals surface area (Å²) < 4.78 is 5.92. The standard InChI is InChI=1S/C16H30N2O/c1-4-16(3)14(10-15(16)19-5-2)17-13-11-18-8-6-12(13)7-9-18/h12-15,17H,4-11H2,1-3H3. The maximum absolute atomic E-state index is 5.92. The van der Waals surface area contributed by atoms with Gasteiger partial charge in [0.05, 0.1) is 6.10 Å². The Morgan fingerprint density at radius 3 is 2.53 bits per heavy atom. The van der Waals surface area contributed by atoms with Gasteiger partial charge < -0.3 is 15.0 Å². The molecule has 3 aliphatic heterocycles. The molecule has 3 saturated heterocycles. The van der Waals surface area contributed by atoms with E-state index in [1.54, 1.807) is 0 Å². The molecule has 0 aromatic heterocycles. The molecule has 2 bridgehead atoms. The van der Waals surface area contributed by atoms with Gasteiger partial charge in [-0.3, -0.25) is 0 Å². The van der Waals surface area contributed by atoms with Crippen molar-refractivity contribution in [1.29, 1.82) is 0 Å². The van der Waals surface area contributed by atoms with Crippen LogP contribution in [0.1, 0.15) is 46.5 Å². The van der Waals surface area contributed by atoms with Gasteiger partial charge >= 0.3 is 0 Å². The molecule has 19 heavy (non-hydrogen) atoms. The van der Waals surface area contributed by atoms with Crippen molar-refractivity contribution in [2.24, 2.45) is 11.3 Å². The second kappa shape index (κ2) is 5.34. The van der Waals surface area contributed by atoms with Crippen LogP contribution in [-0.4, -0.2) is 49.3 Å². The Balaban J connectivity index is 1.58. The third-order valence-corrected chi connectivity index (χ3v) is 6.18. The van der Waals surface area contributed by atoms with Gasteiger partial charge in [0, 0.05) is 30.7 Å². The Hall–Kier alpha value is -0.120. The molecular formula is C16H30N2O. The summed E-state index contributed by atoms with van der Waals surface area (Å²) in [7, 11) is 0. The van der Waals surface area contributed by atoms with E-state index in [2.05, 4.69) is 31.0 Å². The molecule has 4 aliphatic rings. The molecule has 4 unspecified atom stereocenters. The Kier molecular flexibility index (Phi) is 3.89. The normalized spacial score (nSPS) is 49.1. The van der Waals surface area contributed by atoms with Crippen molar-refractivity contribution in [3.63, 3.8) is 0 Å². The zero-order valence-corrected chi connectivity index (χ0v) is 12.8. The number of fused-ring (bicyclic) bond motifs is 3. The van der Waals surface area contributed by atoms with Crippen LogP contribution >= 0.6 is 0 Å².